The molecule has 2 aliphatic carbocycles. The van der Waals surface area contributed by atoms with Gasteiger partial charge in [-0.25, -0.2) is 9.37 Å². The summed E-state index contributed by atoms with van der Waals surface area (Å²) in [6, 6.07) is 10.3. The number of hydrogen-bond donors (Lipinski definition) is 2. The van der Waals surface area contributed by atoms with Crippen LogP contribution in [0.2, 0.25) is 0 Å². The summed E-state index contributed by atoms with van der Waals surface area (Å²) >= 11 is 0. The van der Waals surface area contributed by atoms with E-state index in [1.807, 2.05) is 18.3 Å². The number of benzene rings is 1. The van der Waals surface area contributed by atoms with E-state index >= 15 is 0 Å². The summed E-state index contributed by atoms with van der Waals surface area (Å²) in [5, 5.41) is 3.64. The number of nitrogens with one attached hydrogen (secondary N) is 2. The molecule has 1 aliphatic heterocycles. The molecular weight excluding hydrogens is 517 g/mol. The van der Waals surface area contributed by atoms with Gasteiger partial charge >= 0.3 is 0 Å². The number of likely N-dealkylation sites (tertiary alicyclic amines) is 1. The highest BCUT2D eigenvalue weighted by Gasteiger charge is 2.30. The molecule has 4 heterocycles. The average Bonchev–Trinajstić information content (AvgIpc) is 3.90. The molecule has 1 amide bonds. The number of fused-ring (bicyclic) bond motifs is 1. The number of rotatable bonds is 7. The van der Waals surface area contributed by atoms with Gasteiger partial charge in [-0.05, 0) is 104 Å². The van der Waals surface area contributed by atoms with Gasteiger partial charge < -0.3 is 10.3 Å². The highest BCUT2D eigenvalue weighted by molar-refractivity contribution is 6.01. The quantitative estimate of drug-likeness (QED) is 0.300. The molecule has 1 aromatic carbocycles. The van der Waals surface area contributed by atoms with Crippen molar-refractivity contribution in [1.29, 1.82) is 0 Å². The normalized spacial score (nSPS) is 19.5. The van der Waals surface area contributed by atoms with Crippen LogP contribution in [0.3, 0.4) is 0 Å². The Kier molecular flexibility index (Phi) is 6.53. The molecule has 0 radical (unpaired) electrons. The molecule has 2 N–H and O–H groups in total. The molecule has 7 nitrogen and oxygen atoms in total. The zero-order valence-corrected chi connectivity index (χ0v) is 23.7. The van der Waals surface area contributed by atoms with Crippen LogP contribution in [0.25, 0.3) is 27.8 Å². The lowest BCUT2D eigenvalue weighted by Crippen LogP contribution is -2.33. The Hall–Kier alpha value is -3.78. The summed E-state index contributed by atoms with van der Waals surface area (Å²) in [6.45, 7) is 5.29. The number of aromatic nitrogens is 3. The first-order valence-electron chi connectivity index (χ1n) is 14.9. The summed E-state index contributed by atoms with van der Waals surface area (Å²) in [5.41, 5.74) is 5.29. The van der Waals surface area contributed by atoms with E-state index in [4.69, 9.17) is 4.98 Å². The minimum atomic E-state index is -0.471. The van der Waals surface area contributed by atoms with Gasteiger partial charge in [-0.15, -0.1) is 0 Å². The number of nitrogens with zero attached hydrogens (tertiary/aromatic N) is 3. The topological polar surface area (TPSA) is 83.0 Å². The number of carbonyl (C=O) groups excluding carboxylic acids is 1. The van der Waals surface area contributed by atoms with Crippen molar-refractivity contribution < 1.29 is 9.18 Å². The maximum absolute atomic E-state index is 14.2. The standard InChI is InChI=1S/C33H36FN5O2/c1-19-4-3-11-38(16-19)17-24-15-26-28(20-5-6-20)18-39(33(41)31(26)36-24)30-13-22(12-29(37-30)21-7-8-21)25-10-9-23(34)14-27(25)32(40)35-2/h9-10,12-15,18-21,36H,3-8,11,16-17H2,1-2H3,(H,35,40)/t19-/m0/s1. The number of amides is 1. The molecule has 1 saturated heterocycles. The molecular formula is C33H36FN5O2. The SMILES string of the molecule is CNC(=O)c1cc(F)ccc1-c1cc(C2CC2)nc(-n2cc(C3CC3)c3cc(CN4CCC[C@H](C)C4)[nH]c3c2=O)c1. The second-order valence-electron chi connectivity index (χ2n) is 12.3. The van der Waals surface area contributed by atoms with Crippen LogP contribution in [0.1, 0.15) is 84.6 Å². The highest BCUT2D eigenvalue weighted by atomic mass is 19.1. The molecule has 0 unspecified atom stereocenters. The first kappa shape index (κ1) is 26.1. The zero-order valence-electron chi connectivity index (χ0n) is 23.7. The van der Waals surface area contributed by atoms with Crippen LogP contribution in [-0.2, 0) is 6.54 Å². The van der Waals surface area contributed by atoms with Crippen LogP contribution in [0.15, 0.2) is 47.4 Å². The largest absolute Gasteiger partial charge is 0.355 e. The summed E-state index contributed by atoms with van der Waals surface area (Å²) < 4.78 is 15.9. The molecule has 3 aromatic heterocycles. The van der Waals surface area contributed by atoms with Crippen LogP contribution in [0.4, 0.5) is 4.39 Å². The zero-order chi connectivity index (χ0) is 28.2. The van der Waals surface area contributed by atoms with E-state index in [1.165, 1.54) is 37.6 Å². The highest BCUT2D eigenvalue weighted by Crippen LogP contribution is 2.44. The Labute approximate surface area is 238 Å². The first-order valence-corrected chi connectivity index (χ1v) is 14.9. The molecule has 3 aliphatic rings. The molecule has 1 atom stereocenters. The van der Waals surface area contributed by atoms with Crippen LogP contribution in [0.5, 0.6) is 0 Å². The van der Waals surface area contributed by atoms with E-state index in [0.717, 1.165) is 67.7 Å². The molecule has 212 valence electrons. The monoisotopic (exact) mass is 553 g/mol. The van der Waals surface area contributed by atoms with Crippen molar-refractivity contribution in [3.05, 3.63) is 81.3 Å². The molecule has 0 spiro atoms. The predicted octanol–water partition coefficient (Wildman–Crippen LogP) is 5.87. The van der Waals surface area contributed by atoms with Gasteiger partial charge in [0.15, 0.2) is 0 Å². The summed E-state index contributed by atoms with van der Waals surface area (Å²) in [7, 11) is 1.54. The number of hydrogen-bond acceptors (Lipinski definition) is 4. The maximum atomic E-state index is 14.2. The lowest BCUT2D eigenvalue weighted by Gasteiger charge is -2.30. The van der Waals surface area contributed by atoms with Gasteiger partial charge in [-0.1, -0.05) is 13.0 Å². The van der Waals surface area contributed by atoms with E-state index in [9.17, 15) is 14.0 Å². The van der Waals surface area contributed by atoms with E-state index in [0.29, 0.717) is 34.7 Å². The van der Waals surface area contributed by atoms with E-state index in [-0.39, 0.29) is 17.0 Å². The van der Waals surface area contributed by atoms with E-state index in [1.54, 1.807) is 10.6 Å². The lowest BCUT2D eigenvalue weighted by molar-refractivity contribution is 0.0963. The fourth-order valence-corrected chi connectivity index (χ4v) is 6.44. The van der Waals surface area contributed by atoms with Crippen LogP contribution in [-0.4, -0.2) is 45.5 Å². The number of halogens is 1. The third-order valence-electron chi connectivity index (χ3n) is 8.88. The molecule has 0 bridgehead atoms. The number of aromatic amines is 1. The predicted molar refractivity (Wildman–Crippen MR) is 158 cm³/mol. The first-order chi connectivity index (χ1) is 19.9. The second-order valence-corrected chi connectivity index (χ2v) is 12.3. The van der Waals surface area contributed by atoms with Gasteiger partial charge in [0.2, 0.25) is 0 Å². The van der Waals surface area contributed by atoms with Gasteiger partial charge in [-0.2, -0.15) is 0 Å². The summed E-state index contributed by atoms with van der Waals surface area (Å²) in [4.78, 5) is 37.7. The molecule has 8 heteroatoms. The number of pyridine rings is 2. The molecule has 2 saturated carbocycles. The fraction of sp³-hybridized carbons (Fsp3) is 0.424. The van der Waals surface area contributed by atoms with Crippen molar-refractivity contribution in [1.82, 2.24) is 24.8 Å². The van der Waals surface area contributed by atoms with Crippen molar-refractivity contribution in [2.45, 2.75) is 63.8 Å². The average molecular weight is 554 g/mol. The molecule has 4 aromatic rings. The Balaban J connectivity index is 1.35. The molecule has 3 fully saturated rings. The summed E-state index contributed by atoms with van der Waals surface area (Å²) in [5.74, 6) is 1.15. The number of H-pyrrole nitrogens is 1. The van der Waals surface area contributed by atoms with E-state index in [2.05, 4.69) is 28.2 Å². The van der Waals surface area contributed by atoms with Crippen molar-refractivity contribution in [2.75, 3.05) is 20.1 Å². The Morgan fingerprint density at radius 3 is 2.63 bits per heavy atom. The van der Waals surface area contributed by atoms with Gasteiger partial charge in [0.25, 0.3) is 11.5 Å². The lowest BCUT2D eigenvalue weighted by atomic mass is 9.98. The van der Waals surface area contributed by atoms with Gasteiger partial charge in [0, 0.05) is 49.0 Å². The third kappa shape index (κ3) is 5.10. The second kappa shape index (κ2) is 10.2. The number of piperidine rings is 1. The molecule has 7 rings (SSSR count). The van der Waals surface area contributed by atoms with Crippen LogP contribution < -0.4 is 10.9 Å². The van der Waals surface area contributed by atoms with Crippen molar-refractivity contribution in [2.24, 2.45) is 5.92 Å². The Bertz CT molecular complexity index is 1710. The van der Waals surface area contributed by atoms with Gasteiger partial charge in [-0.3, -0.25) is 19.1 Å². The number of carbonyl (C=O) groups is 1. The van der Waals surface area contributed by atoms with Gasteiger partial charge in [0.05, 0.1) is 5.56 Å². The maximum Gasteiger partial charge on any atom is 0.280 e. The van der Waals surface area contributed by atoms with Crippen molar-refractivity contribution >= 4 is 16.8 Å². The molecule has 41 heavy (non-hydrogen) atoms. The Morgan fingerprint density at radius 1 is 1.10 bits per heavy atom. The van der Waals surface area contributed by atoms with E-state index < -0.39 is 5.82 Å². The summed E-state index contributed by atoms with van der Waals surface area (Å²) in [6.07, 6.45) is 8.78. The van der Waals surface area contributed by atoms with Crippen molar-refractivity contribution in [3.63, 3.8) is 0 Å². The minimum Gasteiger partial charge on any atom is -0.355 e. The van der Waals surface area contributed by atoms with Gasteiger partial charge in [0.1, 0.15) is 17.2 Å². The third-order valence-corrected chi connectivity index (χ3v) is 8.88. The smallest absolute Gasteiger partial charge is 0.280 e. The van der Waals surface area contributed by atoms with Crippen molar-refractivity contribution in [3.8, 4) is 16.9 Å². The fourth-order valence-electron chi connectivity index (χ4n) is 6.44. The van der Waals surface area contributed by atoms with Crippen LogP contribution in [0, 0.1) is 11.7 Å². The van der Waals surface area contributed by atoms with Crippen LogP contribution >= 0.6 is 0 Å². The minimum absolute atomic E-state index is 0.125. The Morgan fingerprint density at radius 2 is 1.90 bits per heavy atom.